The van der Waals surface area contributed by atoms with E-state index < -0.39 is 0 Å². The van der Waals surface area contributed by atoms with Gasteiger partial charge in [-0.15, -0.1) is 11.8 Å². The molecule has 0 spiro atoms. The van der Waals surface area contributed by atoms with E-state index in [-0.39, 0.29) is 5.91 Å². The van der Waals surface area contributed by atoms with E-state index in [1.54, 1.807) is 6.21 Å². The van der Waals surface area contributed by atoms with E-state index in [1.807, 2.05) is 68.4 Å². The summed E-state index contributed by atoms with van der Waals surface area (Å²) in [6.45, 7) is 4.01. The predicted molar refractivity (Wildman–Crippen MR) is 124 cm³/mol. The fourth-order valence-electron chi connectivity index (χ4n) is 3.02. The molecule has 0 aliphatic carbocycles. The molecule has 0 unspecified atom stereocenters. The van der Waals surface area contributed by atoms with Crippen LogP contribution >= 0.6 is 35.0 Å². The van der Waals surface area contributed by atoms with Gasteiger partial charge < -0.3 is 4.57 Å². The molecule has 0 aliphatic heterocycles. The van der Waals surface area contributed by atoms with Crippen LogP contribution in [0.2, 0.25) is 10.0 Å². The normalized spacial score (nSPS) is 11.2. The largest absolute Gasteiger partial charge is 0.316 e. The van der Waals surface area contributed by atoms with Gasteiger partial charge in [0, 0.05) is 27.7 Å². The number of para-hydroxylation sites is 1. The van der Waals surface area contributed by atoms with Gasteiger partial charge >= 0.3 is 0 Å². The van der Waals surface area contributed by atoms with Crippen LogP contribution in [0.5, 0.6) is 0 Å². The second-order valence-electron chi connectivity index (χ2n) is 6.53. The van der Waals surface area contributed by atoms with E-state index in [9.17, 15) is 4.79 Å². The van der Waals surface area contributed by atoms with Gasteiger partial charge in [0.05, 0.1) is 22.7 Å². The van der Waals surface area contributed by atoms with Crippen molar-refractivity contribution >= 4 is 47.1 Å². The molecule has 1 heterocycles. The highest BCUT2D eigenvalue weighted by atomic mass is 35.5. The van der Waals surface area contributed by atoms with Gasteiger partial charge in [-0.1, -0.05) is 47.5 Å². The molecule has 3 aromatic rings. The van der Waals surface area contributed by atoms with Crippen LogP contribution in [-0.2, 0) is 10.5 Å². The number of benzene rings is 2. The first kappa shape index (κ1) is 21.5. The molecule has 0 radical (unpaired) electrons. The van der Waals surface area contributed by atoms with E-state index in [4.69, 9.17) is 23.2 Å². The Morgan fingerprint density at radius 1 is 1.14 bits per heavy atom. The third kappa shape index (κ3) is 5.66. The summed E-state index contributed by atoms with van der Waals surface area (Å²) in [4.78, 5) is 12.0. The van der Waals surface area contributed by atoms with E-state index in [0.29, 0.717) is 15.8 Å². The molecule has 4 nitrogen and oxygen atoms in total. The molecule has 3 rings (SSSR count). The van der Waals surface area contributed by atoms with Crippen molar-refractivity contribution in [3.05, 3.63) is 87.2 Å². The highest BCUT2D eigenvalue weighted by Gasteiger charge is 2.11. The summed E-state index contributed by atoms with van der Waals surface area (Å²) in [5, 5.41) is 5.49. The molecule has 0 atom stereocenters. The summed E-state index contributed by atoms with van der Waals surface area (Å²) >= 11 is 13.8. The lowest BCUT2D eigenvalue weighted by Crippen LogP contribution is -2.19. The minimum atomic E-state index is -0.145. The monoisotopic (exact) mass is 445 g/mol. The van der Waals surface area contributed by atoms with E-state index >= 15 is 0 Å². The molecule has 0 bridgehead atoms. The number of aryl methyl sites for hydroxylation is 1. The Morgan fingerprint density at radius 2 is 1.93 bits per heavy atom. The Morgan fingerprint density at radius 3 is 2.69 bits per heavy atom. The fourth-order valence-corrected chi connectivity index (χ4v) is 4.22. The number of thioether (sulfide) groups is 1. The molecule has 150 valence electrons. The van der Waals surface area contributed by atoms with Crippen LogP contribution in [0.25, 0.3) is 5.69 Å². The van der Waals surface area contributed by atoms with Gasteiger partial charge in [0.1, 0.15) is 0 Å². The summed E-state index contributed by atoms with van der Waals surface area (Å²) in [5.74, 6) is 0.896. The van der Waals surface area contributed by atoms with E-state index in [2.05, 4.69) is 15.1 Å². The van der Waals surface area contributed by atoms with E-state index in [0.717, 1.165) is 34.0 Å². The first-order chi connectivity index (χ1) is 14.0. The Labute approximate surface area is 184 Å². The Hall–Kier alpha value is -2.21. The zero-order valence-electron chi connectivity index (χ0n) is 16.2. The Bertz CT molecular complexity index is 1050. The molecule has 0 saturated carbocycles. The van der Waals surface area contributed by atoms with Gasteiger partial charge in [0.2, 0.25) is 5.91 Å². The molecular weight excluding hydrogens is 425 g/mol. The Kier molecular flexibility index (Phi) is 7.42. The fraction of sp³-hybridized carbons (Fsp3) is 0.182. The molecular formula is C22H21Cl2N3OS. The second-order valence-corrected chi connectivity index (χ2v) is 8.36. The smallest absolute Gasteiger partial charge is 0.250 e. The summed E-state index contributed by atoms with van der Waals surface area (Å²) in [5.41, 5.74) is 7.57. The van der Waals surface area contributed by atoms with Gasteiger partial charge in [0.15, 0.2) is 0 Å². The predicted octanol–water partition coefficient (Wildman–Crippen LogP) is 5.78. The quantitative estimate of drug-likeness (QED) is 0.369. The number of halogens is 2. The standard InChI is InChI=1S/C22H21Cl2N3OS/c1-15-10-18(16(2)27(15)21-9-4-3-8-20(21)24)12-25-26-22(28)14-29-13-17-6-5-7-19(23)11-17/h3-12H,13-14H2,1-2H3,(H,26,28)/b25-12+. The molecule has 0 fully saturated rings. The maximum absolute atomic E-state index is 12.0. The minimum absolute atomic E-state index is 0.145. The number of aromatic nitrogens is 1. The molecule has 7 heteroatoms. The van der Waals surface area contributed by atoms with Crippen LogP contribution in [0.1, 0.15) is 22.5 Å². The van der Waals surface area contributed by atoms with Gasteiger partial charge in [-0.2, -0.15) is 5.10 Å². The summed E-state index contributed by atoms with van der Waals surface area (Å²) in [6, 6.07) is 17.3. The first-order valence-electron chi connectivity index (χ1n) is 9.03. The topological polar surface area (TPSA) is 46.4 Å². The average molecular weight is 446 g/mol. The van der Waals surface area contributed by atoms with E-state index in [1.165, 1.54) is 11.8 Å². The van der Waals surface area contributed by atoms with Crippen LogP contribution in [0, 0.1) is 13.8 Å². The number of nitrogens with one attached hydrogen (secondary N) is 1. The van der Waals surface area contributed by atoms with Gasteiger partial charge in [-0.25, -0.2) is 5.43 Å². The number of carbonyl (C=O) groups excluding carboxylic acids is 1. The van der Waals surface area contributed by atoms with Crippen molar-refractivity contribution in [1.82, 2.24) is 9.99 Å². The maximum atomic E-state index is 12.0. The van der Waals surface area contributed by atoms with Gasteiger partial charge in [-0.3, -0.25) is 4.79 Å². The molecule has 29 heavy (non-hydrogen) atoms. The zero-order valence-corrected chi connectivity index (χ0v) is 18.5. The molecule has 1 N–H and O–H groups in total. The van der Waals surface area contributed by atoms with Crippen LogP contribution in [0.3, 0.4) is 0 Å². The number of hydrogen-bond acceptors (Lipinski definition) is 3. The van der Waals surface area contributed by atoms with Crippen LogP contribution < -0.4 is 5.43 Å². The molecule has 1 amide bonds. The van der Waals surface area contributed by atoms with Crippen molar-refractivity contribution in [2.24, 2.45) is 5.10 Å². The summed E-state index contributed by atoms with van der Waals surface area (Å²) in [6.07, 6.45) is 1.66. The lowest BCUT2D eigenvalue weighted by atomic mass is 10.2. The van der Waals surface area contributed by atoms with Crippen LogP contribution in [-0.4, -0.2) is 22.4 Å². The average Bonchev–Trinajstić information content (AvgIpc) is 2.96. The van der Waals surface area contributed by atoms with Gasteiger partial charge in [0.25, 0.3) is 0 Å². The third-order valence-electron chi connectivity index (χ3n) is 4.35. The van der Waals surface area contributed by atoms with Gasteiger partial charge in [-0.05, 0) is 49.7 Å². The first-order valence-corrected chi connectivity index (χ1v) is 10.9. The highest BCUT2D eigenvalue weighted by Crippen LogP contribution is 2.25. The Balaban J connectivity index is 1.57. The van der Waals surface area contributed by atoms with Crippen molar-refractivity contribution in [2.75, 3.05) is 5.75 Å². The van der Waals surface area contributed by atoms with Crippen molar-refractivity contribution in [3.8, 4) is 5.69 Å². The number of rotatable bonds is 7. The third-order valence-corrected chi connectivity index (χ3v) is 5.91. The molecule has 1 aromatic heterocycles. The highest BCUT2D eigenvalue weighted by molar-refractivity contribution is 7.99. The van der Waals surface area contributed by atoms with Crippen molar-refractivity contribution in [3.63, 3.8) is 0 Å². The number of nitrogens with zero attached hydrogens (tertiary/aromatic N) is 2. The zero-order chi connectivity index (χ0) is 20.8. The van der Waals surface area contributed by atoms with Crippen LogP contribution in [0.15, 0.2) is 59.7 Å². The molecule has 0 aliphatic rings. The van der Waals surface area contributed by atoms with Crippen LogP contribution in [0.4, 0.5) is 0 Å². The lowest BCUT2D eigenvalue weighted by molar-refractivity contribution is -0.118. The number of hydrogen-bond donors (Lipinski definition) is 1. The summed E-state index contributed by atoms with van der Waals surface area (Å²) < 4.78 is 2.08. The number of amides is 1. The SMILES string of the molecule is Cc1cc(/C=N/NC(=O)CSCc2cccc(Cl)c2)c(C)n1-c1ccccc1Cl. The number of hydrazone groups is 1. The summed E-state index contributed by atoms with van der Waals surface area (Å²) in [7, 11) is 0. The molecule has 2 aromatic carbocycles. The number of carbonyl (C=O) groups is 1. The maximum Gasteiger partial charge on any atom is 0.250 e. The van der Waals surface area contributed by atoms with Crippen molar-refractivity contribution < 1.29 is 4.79 Å². The minimum Gasteiger partial charge on any atom is -0.316 e. The molecule has 0 saturated heterocycles. The van der Waals surface area contributed by atoms with Crippen molar-refractivity contribution in [2.45, 2.75) is 19.6 Å². The van der Waals surface area contributed by atoms with Crippen molar-refractivity contribution in [1.29, 1.82) is 0 Å². The second kappa shape index (κ2) is 10.0. The lowest BCUT2D eigenvalue weighted by Gasteiger charge is -2.11.